The molecule has 182 valence electrons. The van der Waals surface area contributed by atoms with Gasteiger partial charge in [0.15, 0.2) is 5.96 Å². The third-order valence-corrected chi connectivity index (χ3v) is 4.62. The summed E-state index contributed by atoms with van der Waals surface area (Å²) in [5.74, 6) is -4.70. The first-order valence-corrected chi connectivity index (χ1v) is 11.0. The minimum absolute atomic E-state index is 0.0832. The number of carboxylic acid groups (broad SMARTS) is 2. The van der Waals surface area contributed by atoms with Gasteiger partial charge in [0.05, 0.1) is 12.5 Å². The smallest absolute Gasteiger partial charge is 0.322 e. The standard InChI is InChI=1S/C17H31N7O7S/c1-32-6-4-10(23-14(29)9(18)3-2-5-21-17(19)20)16(31)24-11(7-12(25)26)15(30)22-8-13(27)28/h9-11H,2-8,18H2,1H3,(H,22,30)(H,23,29)(H,24,31)(H,25,26)(H,27,28)(H4,19,20,21). The van der Waals surface area contributed by atoms with E-state index in [-0.39, 0.29) is 25.3 Å². The predicted molar refractivity (Wildman–Crippen MR) is 118 cm³/mol. The van der Waals surface area contributed by atoms with Gasteiger partial charge in [-0.2, -0.15) is 11.8 Å². The van der Waals surface area contributed by atoms with Gasteiger partial charge in [-0.3, -0.25) is 29.0 Å². The lowest BCUT2D eigenvalue weighted by Gasteiger charge is -2.23. The second kappa shape index (κ2) is 15.7. The molecule has 0 aliphatic rings. The summed E-state index contributed by atoms with van der Waals surface area (Å²) < 4.78 is 0. The van der Waals surface area contributed by atoms with Gasteiger partial charge in [-0.25, -0.2) is 0 Å². The Hall–Kier alpha value is -3.07. The molecule has 0 aliphatic carbocycles. The van der Waals surface area contributed by atoms with Crippen molar-refractivity contribution in [2.24, 2.45) is 22.2 Å². The molecule has 0 heterocycles. The number of rotatable bonds is 16. The molecule has 14 nitrogen and oxygen atoms in total. The maximum Gasteiger partial charge on any atom is 0.322 e. The third-order valence-electron chi connectivity index (χ3n) is 3.97. The average Bonchev–Trinajstić information content (AvgIpc) is 2.70. The molecular weight excluding hydrogens is 446 g/mol. The van der Waals surface area contributed by atoms with Gasteiger partial charge in [0, 0.05) is 6.54 Å². The summed E-state index contributed by atoms with van der Waals surface area (Å²) in [6, 6.07) is -3.55. The molecule has 0 aliphatic heterocycles. The zero-order chi connectivity index (χ0) is 24.7. The van der Waals surface area contributed by atoms with Crippen LogP contribution in [0.4, 0.5) is 0 Å². The summed E-state index contributed by atoms with van der Waals surface area (Å²) in [5, 5.41) is 24.4. The largest absolute Gasteiger partial charge is 0.481 e. The highest BCUT2D eigenvalue weighted by Crippen LogP contribution is 2.05. The second-order valence-electron chi connectivity index (χ2n) is 6.67. The fraction of sp³-hybridized carbons (Fsp3) is 0.647. The number of carboxylic acids is 2. The molecule has 11 N–H and O–H groups in total. The molecule has 0 aromatic heterocycles. The normalized spacial score (nSPS) is 13.2. The lowest BCUT2D eigenvalue weighted by Crippen LogP contribution is -2.56. The van der Waals surface area contributed by atoms with Gasteiger partial charge in [0.2, 0.25) is 17.7 Å². The van der Waals surface area contributed by atoms with Crippen LogP contribution in [-0.4, -0.2) is 89.1 Å². The Kier molecular flexibility index (Phi) is 14.2. The van der Waals surface area contributed by atoms with Crippen molar-refractivity contribution in [2.45, 2.75) is 43.8 Å². The number of thioether (sulfide) groups is 1. The van der Waals surface area contributed by atoms with Gasteiger partial charge in [-0.1, -0.05) is 0 Å². The van der Waals surface area contributed by atoms with Crippen LogP contribution in [0, 0.1) is 0 Å². The van der Waals surface area contributed by atoms with Gasteiger partial charge in [-0.15, -0.1) is 0 Å². The van der Waals surface area contributed by atoms with E-state index < -0.39 is 60.8 Å². The molecule has 0 spiro atoms. The maximum atomic E-state index is 12.7. The van der Waals surface area contributed by atoms with Crippen LogP contribution in [0.1, 0.15) is 25.7 Å². The van der Waals surface area contributed by atoms with Gasteiger partial charge < -0.3 is 43.4 Å². The molecule has 0 aromatic carbocycles. The van der Waals surface area contributed by atoms with Crippen molar-refractivity contribution in [3.8, 4) is 0 Å². The van der Waals surface area contributed by atoms with Crippen molar-refractivity contribution in [2.75, 3.05) is 25.1 Å². The predicted octanol–water partition coefficient (Wildman–Crippen LogP) is -3.23. The molecule has 0 saturated heterocycles. The zero-order valence-corrected chi connectivity index (χ0v) is 18.5. The number of nitrogens with one attached hydrogen (secondary N) is 3. The topological polar surface area (TPSA) is 252 Å². The number of nitrogens with zero attached hydrogens (tertiary/aromatic N) is 1. The summed E-state index contributed by atoms with van der Waals surface area (Å²) >= 11 is 1.41. The molecule has 0 fully saturated rings. The minimum Gasteiger partial charge on any atom is -0.481 e. The van der Waals surface area contributed by atoms with Crippen molar-refractivity contribution in [3.63, 3.8) is 0 Å². The summed E-state index contributed by atoms with van der Waals surface area (Å²) in [6.45, 7) is -0.464. The molecule has 0 radical (unpaired) electrons. The number of hydrogen-bond acceptors (Lipinski definition) is 8. The average molecular weight is 478 g/mol. The molecule has 0 saturated carbocycles. The molecule has 3 amide bonds. The third kappa shape index (κ3) is 13.3. The van der Waals surface area contributed by atoms with E-state index in [1.165, 1.54) is 11.8 Å². The molecule has 0 rings (SSSR count). The van der Waals surface area contributed by atoms with Crippen LogP contribution in [0.2, 0.25) is 0 Å². The number of aliphatic carboxylic acids is 2. The van der Waals surface area contributed by atoms with E-state index in [2.05, 4.69) is 15.6 Å². The molecule has 0 aromatic rings. The first kappa shape index (κ1) is 28.9. The van der Waals surface area contributed by atoms with Crippen LogP contribution in [-0.2, 0) is 24.0 Å². The fourth-order valence-electron chi connectivity index (χ4n) is 2.38. The first-order valence-electron chi connectivity index (χ1n) is 9.59. The first-order chi connectivity index (χ1) is 15.0. The highest BCUT2D eigenvalue weighted by atomic mass is 32.2. The van der Waals surface area contributed by atoms with E-state index in [0.717, 1.165) is 0 Å². The van der Waals surface area contributed by atoms with E-state index in [4.69, 9.17) is 27.4 Å². The van der Waals surface area contributed by atoms with Crippen LogP contribution in [0.3, 0.4) is 0 Å². The summed E-state index contributed by atoms with van der Waals surface area (Å²) in [4.78, 5) is 62.6. The number of hydrogen-bond donors (Lipinski definition) is 8. The quantitative estimate of drug-likeness (QED) is 0.0622. The van der Waals surface area contributed by atoms with E-state index in [9.17, 15) is 24.0 Å². The van der Waals surface area contributed by atoms with Gasteiger partial charge >= 0.3 is 11.9 Å². The van der Waals surface area contributed by atoms with Gasteiger partial charge in [0.25, 0.3) is 0 Å². The molecular formula is C17H31N7O7S. The Balaban J connectivity index is 5.11. The van der Waals surface area contributed by atoms with Crippen molar-refractivity contribution in [3.05, 3.63) is 0 Å². The monoisotopic (exact) mass is 477 g/mol. The number of aliphatic imine (C=N–C) groups is 1. The molecule has 32 heavy (non-hydrogen) atoms. The molecule has 3 unspecified atom stereocenters. The van der Waals surface area contributed by atoms with Crippen molar-refractivity contribution >= 4 is 47.4 Å². The number of carbonyl (C=O) groups excluding carboxylic acids is 3. The lowest BCUT2D eigenvalue weighted by atomic mass is 10.1. The summed E-state index contributed by atoms with van der Waals surface area (Å²) in [6.07, 6.45) is 1.89. The summed E-state index contributed by atoms with van der Waals surface area (Å²) in [7, 11) is 0. The maximum absolute atomic E-state index is 12.7. The van der Waals surface area contributed by atoms with Gasteiger partial charge in [-0.05, 0) is 31.3 Å². The van der Waals surface area contributed by atoms with Crippen molar-refractivity contribution < 1.29 is 34.2 Å². The summed E-state index contributed by atoms with van der Waals surface area (Å²) in [5.41, 5.74) is 16.3. The highest BCUT2D eigenvalue weighted by Gasteiger charge is 2.29. The Labute approximate surface area is 189 Å². The number of guanidine groups is 1. The number of nitrogens with two attached hydrogens (primary N) is 3. The van der Waals surface area contributed by atoms with Crippen LogP contribution in [0.15, 0.2) is 4.99 Å². The van der Waals surface area contributed by atoms with E-state index in [1.807, 2.05) is 5.32 Å². The Morgan fingerprint density at radius 2 is 1.56 bits per heavy atom. The molecule has 3 atom stereocenters. The van der Waals surface area contributed by atoms with Crippen LogP contribution < -0.4 is 33.2 Å². The van der Waals surface area contributed by atoms with Crippen molar-refractivity contribution in [1.82, 2.24) is 16.0 Å². The van der Waals surface area contributed by atoms with E-state index in [1.54, 1.807) is 6.26 Å². The van der Waals surface area contributed by atoms with E-state index in [0.29, 0.717) is 12.2 Å². The second-order valence-corrected chi connectivity index (χ2v) is 7.65. The SMILES string of the molecule is CSCCC(NC(=O)C(N)CCCN=C(N)N)C(=O)NC(CC(=O)O)C(=O)NCC(=O)O. The molecule has 15 heteroatoms. The Bertz CT molecular complexity index is 701. The number of carbonyl (C=O) groups is 5. The van der Waals surface area contributed by atoms with Crippen LogP contribution >= 0.6 is 11.8 Å². The fourth-order valence-corrected chi connectivity index (χ4v) is 2.85. The minimum atomic E-state index is -1.53. The van der Waals surface area contributed by atoms with Gasteiger partial charge in [0.1, 0.15) is 18.6 Å². The lowest BCUT2D eigenvalue weighted by molar-refractivity contribution is -0.141. The van der Waals surface area contributed by atoms with Crippen LogP contribution in [0.5, 0.6) is 0 Å². The Morgan fingerprint density at radius 1 is 0.938 bits per heavy atom. The van der Waals surface area contributed by atoms with E-state index >= 15 is 0 Å². The van der Waals surface area contributed by atoms with Crippen LogP contribution in [0.25, 0.3) is 0 Å². The number of amides is 3. The zero-order valence-electron chi connectivity index (χ0n) is 17.7. The van der Waals surface area contributed by atoms with Crippen molar-refractivity contribution in [1.29, 1.82) is 0 Å². The Morgan fingerprint density at radius 3 is 2.09 bits per heavy atom. The molecule has 0 bridgehead atoms. The highest BCUT2D eigenvalue weighted by molar-refractivity contribution is 7.98.